The van der Waals surface area contributed by atoms with Crippen LogP contribution in [0.5, 0.6) is 0 Å². The molecule has 2 rings (SSSR count). The van der Waals surface area contributed by atoms with Gasteiger partial charge >= 0.3 is 11.9 Å². The van der Waals surface area contributed by atoms with Gasteiger partial charge in [0.15, 0.2) is 0 Å². The molecule has 0 aliphatic heterocycles. The smallest absolute Gasteiger partial charge is 0.338 e. The van der Waals surface area contributed by atoms with Gasteiger partial charge in [0.05, 0.1) is 24.3 Å². The fraction of sp³-hybridized carbons (Fsp3) is 0.500. The molecule has 0 heterocycles. The van der Waals surface area contributed by atoms with Crippen LogP contribution in [0.15, 0.2) is 60.7 Å². The van der Waals surface area contributed by atoms with Crippen LogP contribution in [-0.2, 0) is 9.47 Å². The summed E-state index contributed by atoms with van der Waals surface area (Å²) in [5.74, 6) is 0.943. The van der Waals surface area contributed by atoms with Crippen LogP contribution in [0.2, 0.25) is 0 Å². The fourth-order valence-corrected chi connectivity index (χ4v) is 4.46. The van der Waals surface area contributed by atoms with Crippen LogP contribution in [0, 0.1) is 35.5 Å². The summed E-state index contributed by atoms with van der Waals surface area (Å²) in [5.41, 5.74) is 1.13. The first kappa shape index (κ1) is 25.6. The molecule has 0 saturated carbocycles. The summed E-state index contributed by atoms with van der Waals surface area (Å²) in [6, 6.07) is 18.2. The lowest BCUT2D eigenvalue weighted by molar-refractivity contribution is -0.00876. The molecule has 0 aliphatic carbocycles. The quantitative estimate of drug-likeness (QED) is 0.375. The van der Waals surface area contributed by atoms with Crippen LogP contribution in [0.1, 0.15) is 62.3 Å². The minimum Gasteiger partial charge on any atom is -0.462 e. The molecule has 0 bridgehead atoms. The summed E-state index contributed by atoms with van der Waals surface area (Å²) in [5, 5.41) is 0. The van der Waals surface area contributed by atoms with Crippen molar-refractivity contribution in [2.45, 2.75) is 41.5 Å². The Labute approximate surface area is 193 Å². The van der Waals surface area contributed by atoms with Gasteiger partial charge < -0.3 is 9.47 Å². The Morgan fingerprint density at radius 2 is 0.938 bits per heavy atom. The summed E-state index contributed by atoms with van der Waals surface area (Å²) in [6.07, 6.45) is 0. The molecule has 0 aliphatic rings. The SMILES string of the molecule is CC(C)C(COC(=O)c1ccccc1)C(C(C)C)C(COC(=O)c1ccccc1)C(C)C. The molecule has 0 amide bonds. The van der Waals surface area contributed by atoms with E-state index in [1.807, 2.05) is 36.4 Å². The predicted octanol–water partition coefficient (Wildman–Crippen LogP) is 6.52. The average Bonchev–Trinajstić information content (AvgIpc) is 2.78. The molecule has 0 N–H and O–H groups in total. The highest BCUT2D eigenvalue weighted by atomic mass is 16.5. The molecule has 0 spiro atoms. The maximum absolute atomic E-state index is 12.5. The van der Waals surface area contributed by atoms with Crippen molar-refractivity contribution < 1.29 is 19.1 Å². The Kier molecular flexibility index (Phi) is 9.96. The lowest BCUT2D eigenvalue weighted by Crippen LogP contribution is -2.39. The first-order valence-corrected chi connectivity index (χ1v) is 11.7. The van der Waals surface area contributed by atoms with Gasteiger partial charge in [-0.1, -0.05) is 77.9 Å². The molecule has 2 aromatic carbocycles. The van der Waals surface area contributed by atoms with E-state index in [0.717, 1.165) is 0 Å². The topological polar surface area (TPSA) is 52.6 Å². The van der Waals surface area contributed by atoms with E-state index in [1.54, 1.807) is 24.3 Å². The number of carbonyl (C=O) groups is 2. The van der Waals surface area contributed by atoms with Crippen LogP contribution in [0.3, 0.4) is 0 Å². The molecule has 0 radical (unpaired) electrons. The Hall–Kier alpha value is -2.62. The third-order valence-corrected chi connectivity index (χ3v) is 6.30. The van der Waals surface area contributed by atoms with Crippen molar-refractivity contribution >= 4 is 11.9 Å². The Morgan fingerprint density at radius 1 is 0.594 bits per heavy atom. The summed E-state index contributed by atoms with van der Waals surface area (Å²) in [6.45, 7) is 13.8. The van der Waals surface area contributed by atoms with Crippen molar-refractivity contribution in [3.8, 4) is 0 Å². The second kappa shape index (κ2) is 12.4. The van der Waals surface area contributed by atoms with E-state index in [1.165, 1.54) is 0 Å². The number of benzene rings is 2. The zero-order valence-electron chi connectivity index (χ0n) is 20.3. The van der Waals surface area contributed by atoms with Gasteiger partial charge in [-0.2, -0.15) is 0 Å². The highest BCUT2D eigenvalue weighted by Crippen LogP contribution is 2.38. The molecule has 4 heteroatoms. The van der Waals surface area contributed by atoms with Crippen molar-refractivity contribution in [3.05, 3.63) is 71.8 Å². The molecule has 2 aromatic rings. The minimum absolute atomic E-state index is 0.158. The number of rotatable bonds is 11. The summed E-state index contributed by atoms with van der Waals surface area (Å²) >= 11 is 0. The Morgan fingerprint density at radius 3 is 1.22 bits per heavy atom. The van der Waals surface area contributed by atoms with E-state index in [4.69, 9.17) is 9.47 Å². The van der Waals surface area contributed by atoms with Crippen LogP contribution < -0.4 is 0 Å². The fourth-order valence-electron chi connectivity index (χ4n) is 4.46. The summed E-state index contributed by atoms with van der Waals surface area (Å²) in [4.78, 5) is 25.1. The van der Waals surface area contributed by atoms with Gasteiger partial charge in [0.1, 0.15) is 0 Å². The molecule has 2 atom stereocenters. The second-order valence-corrected chi connectivity index (χ2v) is 9.57. The van der Waals surface area contributed by atoms with E-state index in [-0.39, 0.29) is 29.7 Å². The van der Waals surface area contributed by atoms with E-state index in [9.17, 15) is 9.59 Å². The van der Waals surface area contributed by atoms with E-state index < -0.39 is 0 Å². The van der Waals surface area contributed by atoms with E-state index >= 15 is 0 Å². The lowest BCUT2D eigenvalue weighted by atomic mass is 9.67. The number of ether oxygens (including phenoxy) is 2. The molecule has 4 nitrogen and oxygen atoms in total. The molecule has 2 unspecified atom stereocenters. The van der Waals surface area contributed by atoms with Gasteiger partial charge in [0.2, 0.25) is 0 Å². The first-order valence-electron chi connectivity index (χ1n) is 11.7. The number of hydrogen-bond donors (Lipinski definition) is 0. The third kappa shape index (κ3) is 7.22. The third-order valence-electron chi connectivity index (χ3n) is 6.30. The van der Waals surface area contributed by atoms with Crippen molar-refractivity contribution in [2.24, 2.45) is 35.5 Å². The molecule has 0 fully saturated rings. The molecular weight excluding hydrogens is 400 g/mol. The largest absolute Gasteiger partial charge is 0.462 e. The highest BCUT2D eigenvalue weighted by Gasteiger charge is 2.37. The number of carbonyl (C=O) groups excluding carboxylic acids is 2. The van der Waals surface area contributed by atoms with E-state index in [0.29, 0.717) is 42.1 Å². The summed E-state index contributed by atoms with van der Waals surface area (Å²) < 4.78 is 11.5. The van der Waals surface area contributed by atoms with Crippen molar-refractivity contribution in [1.29, 1.82) is 0 Å². The van der Waals surface area contributed by atoms with Crippen LogP contribution in [-0.4, -0.2) is 25.2 Å². The van der Waals surface area contributed by atoms with Gasteiger partial charge in [0, 0.05) is 0 Å². The van der Waals surface area contributed by atoms with Gasteiger partial charge in [-0.25, -0.2) is 9.59 Å². The highest BCUT2D eigenvalue weighted by molar-refractivity contribution is 5.89. The lowest BCUT2D eigenvalue weighted by Gasteiger charge is -2.40. The van der Waals surface area contributed by atoms with Crippen LogP contribution >= 0.6 is 0 Å². The van der Waals surface area contributed by atoms with Gasteiger partial charge in [-0.05, 0) is 59.8 Å². The zero-order valence-corrected chi connectivity index (χ0v) is 20.3. The van der Waals surface area contributed by atoms with Gasteiger partial charge in [-0.3, -0.25) is 0 Å². The average molecular weight is 439 g/mol. The normalized spacial score (nSPS) is 14.3. The van der Waals surface area contributed by atoms with E-state index in [2.05, 4.69) is 41.5 Å². The van der Waals surface area contributed by atoms with Crippen molar-refractivity contribution in [1.82, 2.24) is 0 Å². The Bertz CT molecular complexity index is 760. The molecule has 174 valence electrons. The van der Waals surface area contributed by atoms with Crippen LogP contribution in [0.4, 0.5) is 0 Å². The van der Waals surface area contributed by atoms with Gasteiger partial charge in [-0.15, -0.1) is 0 Å². The molecule has 0 saturated heterocycles. The summed E-state index contributed by atoms with van der Waals surface area (Å²) in [7, 11) is 0. The first-order chi connectivity index (χ1) is 15.2. The number of esters is 2. The minimum atomic E-state index is -0.296. The maximum Gasteiger partial charge on any atom is 0.338 e. The van der Waals surface area contributed by atoms with Gasteiger partial charge in [0.25, 0.3) is 0 Å². The zero-order chi connectivity index (χ0) is 23.7. The van der Waals surface area contributed by atoms with Crippen LogP contribution in [0.25, 0.3) is 0 Å². The Balaban J connectivity index is 2.14. The standard InChI is InChI=1S/C28H38O4/c1-19(2)24(17-31-27(29)22-13-9-7-10-14-22)26(21(5)6)25(20(3)4)18-32-28(30)23-15-11-8-12-16-23/h7-16,19-21,24-26H,17-18H2,1-6H3. The second-order valence-electron chi connectivity index (χ2n) is 9.57. The molecule has 0 aromatic heterocycles. The predicted molar refractivity (Wildman–Crippen MR) is 128 cm³/mol. The molecule has 32 heavy (non-hydrogen) atoms. The van der Waals surface area contributed by atoms with Crippen molar-refractivity contribution in [3.63, 3.8) is 0 Å². The number of hydrogen-bond acceptors (Lipinski definition) is 4. The molecular formula is C28H38O4. The van der Waals surface area contributed by atoms with Crippen molar-refractivity contribution in [2.75, 3.05) is 13.2 Å². The maximum atomic E-state index is 12.5. The monoisotopic (exact) mass is 438 g/mol.